The van der Waals surface area contributed by atoms with E-state index in [2.05, 4.69) is 10.1 Å². The lowest BCUT2D eigenvalue weighted by Crippen LogP contribution is -2.38. The maximum atomic E-state index is 13.3. The number of amides is 1. The zero-order valence-corrected chi connectivity index (χ0v) is 17.8. The number of carbonyl (C=O) groups excluding carboxylic acids is 1. The lowest BCUT2D eigenvalue weighted by molar-refractivity contribution is -0.141. The summed E-state index contributed by atoms with van der Waals surface area (Å²) >= 11 is 0. The van der Waals surface area contributed by atoms with E-state index in [9.17, 15) is 18.0 Å². The molecule has 172 valence electrons. The first-order valence-electron chi connectivity index (χ1n) is 10.6. The number of para-hydroxylation sites is 1. The molecule has 7 nitrogen and oxygen atoms in total. The highest BCUT2D eigenvalue weighted by atomic mass is 19.4. The molecule has 1 saturated heterocycles. The first-order valence-corrected chi connectivity index (χ1v) is 10.6. The van der Waals surface area contributed by atoms with Crippen LogP contribution in [0.25, 0.3) is 33.1 Å². The molecule has 33 heavy (non-hydrogen) atoms. The number of aromatic nitrogens is 3. The van der Waals surface area contributed by atoms with Crippen LogP contribution in [0.15, 0.2) is 47.2 Å². The molecule has 5 rings (SSSR count). The van der Waals surface area contributed by atoms with Crippen LogP contribution in [0.5, 0.6) is 0 Å². The number of hydrogen-bond donors (Lipinski definition) is 0. The topological polar surface area (TPSA) is 73.4 Å². The zero-order chi connectivity index (χ0) is 23.2. The first kappa shape index (κ1) is 21.4. The minimum absolute atomic E-state index is 0.0760. The summed E-state index contributed by atoms with van der Waals surface area (Å²) in [5.41, 5.74) is 1.76. The van der Waals surface area contributed by atoms with Crippen molar-refractivity contribution < 1.29 is 27.1 Å². The van der Waals surface area contributed by atoms with Gasteiger partial charge in [-0.1, -0.05) is 18.2 Å². The number of benzene rings is 1. The smallest absolute Gasteiger partial charge is 0.408 e. The molecule has 4 heterocycles. The number of rotatable bonds is 5. The van der Waals surface area contributed by atoms with E-state index >= 15 is 0 Å². The second-order valence-electron chi connectivity index (χ2n) is 8.10. The van der Waals surface area contributed by atoms with Crippen LogP contribution in [0.3, 0.4) is 0 Å². The Bertz CT molecular complexity index is 1330. The minimum atomic E-state index is -4.49. The highest BCUT2D eigenvalue weighted by molar-refractivity contribution is 6.03. The maximum Gasteiger partial charge on any atom is 0.408 e. The van der Waals surface area contributed by atoms with Gasteiger partial charge in [-0.25, -0.2) is 0 Å². The Morgan fingerprint density at radius 3 is 2.88 bits per heavy atom. The maximum absolute atomic E-state index is 13.3. The van der Waals surface area contributed by atoms with E-state index in [1.807, 2.05) is 18.2 Å². The van der Waals surface area contributed by atoms with Crippen LogP contribution in [0.2, 0.25) is 0 Å². The monoisotopic (exact) mass is 458 g/mol. The van der Waals surface area contributed by atoms with Gasteiger partial charge in [-0.3, -0.25) is 14.5 Å². The van der Waals surface area contributed by atoms with Crippen molar-refractivity contribution in [2.45, 2.75) is 31.6 Å². The van der Waals surface area contributed by atoms with E-state index in [1.54, 1.807) is 18.1 Å². The van der Waals surface area contributed by atoms with Crippen molar-refractivity contribution in [3.63, 3.8) is 0 Å². The third kappa shape index (κ3) is 3.95. The molecule has 0 bridgehead atoms. The molecular weight excluding hydrogens is 437 g/mol. The number of alkyl halides is 3. The number of fused-ring (bicyclic) bond motifs is 2. The van der Waals surface area contributed by atoms with E-state index in [-0.39, 0.29) is 23.2 Å². The molecule has 1 atom stereocenters. The largest absolute Gasteiger partial charge is 0.464 e. The summed E-state index contributed by atoms with van der Waals surface area (Å²) in [6.45, 7) is -0.328. The van der Waals surface area contributed by atoms with Crippen molar-refractivity contribution >= 4 is 27.8 Å². The van der Waals surface area contributed by atoms with E-state index in [4.69, 9.17) is 9.15 Å². The van der Waals surface area contributed by atoms with Gasteiger partial charge < -0.3 is 14.1 Å². The Kier molecular flexibility index (Phi) is 5.32. The molecule has 3 aromatic heterocycles. The Morgan fingerprint density at radius 1 is 1.27 bits per heavy atom. The third-order valence-electron chi connectivity index (χ3n) is 5.92. The zero-order valence-electron chi connectivity index (χ0n) is 17.8. The second kappa shape index (κ2) is 8.18. The molecule has 0 spiro atoms. The summed E-state index contributed by atoms with van der Waals surface area (Å²) in [6.07, 6.45) is 0.0574. The molecular formula is C23H21F3N4O3. The average molecular weight is 458 g/mol. The number of furan rings is 1. The lowest BCUT2D eigenvalue weighted by Gasteiger charge is -2.23. The van der Waals surface area contributed by atoms with E-state index in [0.29, 0.717) is 35.4 Å². The van der Waals surface area contributed by atoms with Crippen molar-refractivity contribution in [3.05, 3.63) is 48.5 Å². The van der Waals surface area contributed by atoms with Gasteiger partial charge in [0.15, 0.2) is 0 Å². The molecule has 0 aliphatic carbocycles. The fourth-order valence-electron chi connectivity index (χ4n) is 4.45. The molecule has 0 radical (unpaired) electrons. The number of ether oxygens (including phenoxy) is 1. The standard InChI is InChI=1S/C23H21F3N4O3/c1-32-11-14-5-4-8-29(14)22(31)18-9-19-16(10-27-18)21(28-30(19)13-23(24,25)26)17-12-33-20-7-3-2-6-15(17)20/h2-3,6-7,9-10,12,14H,4-5,8,11,13H2,1H3. The van der Waals surface area contributed by atoms with Crippen molar-refractivity contribution in [2.24, 2.45) is 0 Å². The third-order valence-corrected chi connectivity index (χ3v) is 5.92. The van der Waals surface area contributed by atoms with E-state index in [1.165, 1.54) is 18.5 Å². The summed E-state index contributed by atoms with van der Waals surface area (Å²) in [6, 6.07) is 8.53. The van der Waals surface area contributed by atoms with Crippen LogP contribution in [-0.2, 0) is 11.3 Å². The molecule has 1 aliphatic rings. The predicted octanol–water partition coefficient (Wildman–Crippen LogP) is 4.66. The minimum Gasteiger partial charge on any atom is -0.464 e. The molecule has 4 aromatic rings. The Labute approximate surface area is 186 Å². The highest BCUT2D eigenvalue weighted by Crippen LogP contribution is 2.35. The molecule has 1 aromatic carbocycles. The van der Waals surface area contributed by atoms with Crippen molar-refractivity contribution in [2.75, 3.05) is 20.3 Å². The van der Waals surface area contributed by atoms with Gasteiger partial charge >= 0.3 is 6.18 Å². The van der Waals surface area contributed by atoms with Crippen molar-refractivity contribution in [1.82, 2.24) is 19.7 Å². The molecule has 10 heteroatoms. The van der Waals surface area contributed by atoms with Gasteiger partial charge in [0, 0.05) is 36.2 Å². The summed E-state index contributed by atoms with van der Waals surface area (Å²) in [5, 5.41) is 5.41. The number of likely N-dealkylation sites (tertiary alicyclic amines) is 1. The van der Waals surface area contributed by atoms with Gasteiger partial charge in [-0.2, -0.15) is 18.3 Å². The van der Waals surface area contributed by atoms with Gasteiger partial charge in [0.25, 0.3) is 5.91 Å². The quantitative estimate of drug-likeness (QED) is 0.435. The van der Waals surface area contributed by atoms with Crippen LogP contribution in [-0.4, -0.2) is 58.1 Å². The summed E-state index contributed by atoms with van der Waals surface area (Å²) in [5.74, 6) is -0.327. The summed E-state index contributed by atoms with van der Waals surface area (Å²) < 4.78 is 51.6. The molecule has 0 N–H and O–H groups in total. The fraction of sp³-hybridized carbons (Fsp3) is 0.348. The van der Waals surface area contributed by atoms with Crippen LogP contribution >= 0.6 is 0 Å². The van der Waals surface area contributed by atoms with Gasteiger partial charge in [0.2, 0.25) is 0 Å². The highest BCUT2D eigenvalue weighted by Gasteiger charge is 2.33. The summed E-state index contributed by atoms with van der Waals surface area (Å²) in [4.78, 5) is 19.1. The number of carbonyl (C=O) groups is 1. The normalized spacial score (nSPS) is 16.8. The molecule has 1 unspecified atom stereocenters. The predicted molar refractivity (Wildman–Crippen MR) is 115 cm³/mol. The van der Waals surface area contributed by atoms with Crippen molar-refractivity contribution in [3.8, 4) is 11.3 Å². The fourth-order valence-corrected chi connectivity index (χ4v) is 4.45. The summed E-state index contributed by atoms with van der Waals surface area (Å²) in [7, 11) is 1.57. The van der Waals surface area contributed by atoms with Crippen LogP contribution < -0.4 is 0 Å². The first-order chi connectivity index (χ1) is 15.9. The van der Waals surface area contributed by atoms with Gasteiger partial charge in [0.05, 0.1) is 18.2 Å². The van der Waals surface area contributed by atoms with Crippen molar-refractivity contribution in [1.29, 1.82) is 0 Å². The SMILES string of the molecule is COCC1CCCN1C(=O)c1cc2c(cn1)c(-c1coc3ccccc13)nn2CC(F)(F)F. The average Bonchev–Trinajstić information content (AvgIpc) is 3.50. The van der Waals surface area contributed by atoms with Gasteiger partial charge in [0.1, 0.15) is 29.8 Å². The second-order valence-corrected chi connectivity index (χ2v) is 8.10. The number of halogens is 3. The van der Waals surface area contributed by atoms with Crippen LogP contribution in [0.4, 0.5) is 13.2 Å². The number of pyridine rings is 1. The molecule has 1 aliphatic heterocycles. The van der Waals surface area contributed by atoms with E-state index in [0.717, 1.165) is 22.9 Å². The van der Waals surface area contributed by atoms with Gasteiger partial charge in [-0.05, 0) is 25.0 Å². The molecule has 0 saturated carbocycles. The van der Waals surface area contributed by atoms with E-state index < -0.39 is 12.7 Å². The van der Waals surface area contributed by atoms with Crippen LogP contribution in [0, 0.1) is 0 Å². The number of hydrogen-bond acceptors (Lipinski definition) is 5. The Hall–Kier alpha value is -3.40. The number of methoxy groups -OCH3 is 1. The molecule has 1 fully saturated rings. The molecule has 1 amide bonds. The number of nitrogens with zero attached hydrogens (tertiary/aromatic N) is 4. The lowest BCUT2D eigenvalue weighted by atomic mass is 10.1. The van der Waals surface area contributed by atoms with Gasteiger partial charge in [-0.15, -0.1) is 0 Å². The van der Waals surface area contributed by atoms with Crippen LogP contribution in [0.1, 0.15) is 23.3 Å². The Balaban J connectivity index is 1.62. The Morgan fingerprint density at radius 2 is 2.09 bits per heavy atom.